The van der Waals surface area contributed by atoms with Crippen molar-refractivity contribution < 1.29 is 19.1 Å². The zero-order valence-corrected chi connectivity index (χ0v) is 19.5. The number of rotatable bonds is 8. The van der Waals surface area contributed by atoms with E-state index < -0.39 is 0 Å². The van der Waals surface area contributed by atoms with Crippen molar-refractivity contribution in [2.45, 2.75) is 0 Å². The summed E-state index contributed by atoms with van der Waals surface area (Å²) in [4.78, 5) is 24.8. The van der Waals surface area contributed by atoms with Crippen LogP contribution in [-0.2, 0) is 4.79 Å². The van der Waals surface area contributed by atoms with Gasteiger partial charge in [0, 0.05) is 11.3 Å². The van der Waals surface area contributed by atoms with Crippen LogP contribution >= 0.6 is 0 Å². The molecule has 4 aromatic carbocycles. The Morgan fingerprint density at radius 3 is 2.08 bits per heavy atom. The van der Waals surface area contributed by atoms with Crippen molar-refractivity contribution >= 4 is 23.2 Å². The Labute approximate surface area is 208 Å². The molecule has 0 aromatic heterocycles. The lowest BCUT2D eigenvalue weighted by atomic mass is 10.0. The maximum absolute atomic E-state index is 12.5. The van der Waals surface area contributed by atoms with Gasteiger partial charge in [-0.25, -0.2) is 0 Å². The van der Waals surface area contributed by atoms with Gasteiger partial charge in [0.1, 0.15) is 11.5 Å². The molecule has 0 atom stereocenters. The third-order valence-electron chi connectivity index (χ3n) is 5.36. The van der Waals surface area contributed by atoms with Crippen molar-refractivity contribution in [2.75, 3.05) is 24.4 Å². The van der Waals surface area contributed by atoms with Crippen molar-refractivity contribution in [3.05, 3.63) is 108 Å². The molecule has 0 fully saturated rings. The predicted octanol–water partition coefficient (Wildman–Crippen LogP) is 5.50. The van der Waals surface area contributed by atoms with Crippen molar-refractivity contribution in [1.82, 2.24) is 0 Å². The number of para-hydroxylation sites is 2. The van der Waals surface area contributed by atoms with Gasteiger partial charge in [-0.05, 0) is 71.8 Å². The molecule has 0 aliphatic carbocycles. The number of ether oxygens (including phenoxy) is 2. The number of hydrogen-bond acceptors (Lipinski definition) is 5. The highest BCUT2D eigenvalue weighted by molar-refractivity contribution is 6.05. The number of amides is 2. The van der Waals surface area contributed by atoms with E-state index in [-0.39, 0.29) is 18.4 Å². The summed E-state index contributed by atoms with van der Waals surface area (Å²) >= 11 is 0. The molecule has 7 heteroatoms. The summed E-state index contributed by atoms with van der Waals surface area (Å²) in [7, 11) is 1.54. The second-order valence-electron chi connectivity index (χ2n) is 7.78. The average Bonchev–Trinajstić information content (AvgIpc) is 2.93. The van der Waals surface area contributed by atoms with Crippen LogP contribution in [0.3, 0.4) is 0 Å². The molecule has 0 radical (unpaired) electrons. The number of hydrogen-bond donors (Lipinski definition) is 2. The summed E-state index contributed by atoms with van der Waals surface area (Å²) in [6.45, 7) is -0.160. The highest BCUT2D eigenvalue weighted by Crippen LogP contribution is 2.24. The van der Waals surface area contributed by atoms with Crippen LogP contribution in [0.2, 0.25) is 0 Å². The summed E-state index contributed by atoms with van der Waals surface area (Å²) in [6, 6.07) is 30.5. The SMILES string of the molecule is COc1ccccc1NC(=O)c1ccc(NC(=O)COc2ccc(-c3ccc(C#N)cc3)cc2)cc1. The fourth-order valence-corrected chi connectivity index (χ4v) is 3.47. The molecular formula is C29H23N3O4. The fraction of sp³-hybridized carbons (Fsp3) is 0.0690. The first-order valence-electron chi connectivity index (χ1n) is 11.1. The highest BCUT2D eigenvalue weighted by atomic mass is 16.5. The van der Waals surface area contributed by atoms with Gasteiger partial charge in [-0.15, -0.1) is 0 Å². The first-order valence-corrected chi connectivity index (χ1v) is 11.1. The number of methoxy groups -OCH3 is 1. The average molecular weight is 478 g/mol. The zero-order valence-electron chi connectivity index (χ0n) is 19.5. The second-order valence-corrected chi connectivity index (χ2v) is 7.78. The smallest absolute Gasteiger partial charge is 0.262 e. The van der Waals surface area contributed by atoms with E-state index in [0.717, 1.165) is 11.1 Å². The molecule has 4 aromatic rings. The molecule has 0 bridgehead atoms. The predicted molar refractivity (Wildman–Crippen MR) is 138 cm³/mol. The van der Waals surface area contributed by atoms with Crippen LogP contribution in [0.15, 0.2) is 97.1 Å². The van der Waals surface area contributed by atoms with Crippen LogP contribution in [-0.4, -0.2) is 25.5 Å². The Morgan fingerprint density at radius 2 is 1.44 bits per heavy atom. The Kier molecular flexibility index (Phi) is 7.59. The lowest BCUT2D eigenvalue weighted by Crippen LogP contribution is -2.20. The van der Waals surface area contributed by atoms with E-state index in [1.54, 1.807) is 67.8 Å². The maximum Gasteiger partial charge on any atom is 0.262 e. The number of carbonyl (C=O) groups excluding carboxylic acids is 2. The van der Waals surface area contributed by atoms with Crippen molar-refractivity contribution in [3.8, 4) is 28.7 Å². The van der Waals surface area contributed by atoms with Crippen LogP contribution in [0.5, 0.6) is 11.5 Å². The topological polar surface area (TPSA) is 100 Å². The largest absolute Gasteiger partial charge is 0.495 e. The number of nitrogens with one attached hydrogen (secondary N) is 2. The Morgan fingerprint density at radius 1 is 0.806 bits per heavy atom. The normalized spacial score (nSPS) is 10.1. The van der Waals surface area contributed by atoms with Gasteiger partial charge in [0.05, 0.1) is 24.4 Å². The van der Waals surface area contributed by atoms with Crippen molar-refractivity contribution in [3.63, 3.8) is 0 Å². The van der Waals surface area contributed by atoms with Gasteiger partial charge in [-0.2, -0.15) is 5.26 Å². The molecule has 0 saturated heterocycles. The lowest BCUT2D eigenvalue weighted by molar-refractivity contribution is -0.118. The van der Waals surface area contributed by atoms with Crippen LogP contribution in [0.1, 0.15) is 15.9 Å². The van der Waals surface area contributed by atoms with Crippen LogP contribution < -0.4 is 20.1 Å². The van der Waals surface area contributed by atoms with E-state index in [9.17, 15) is 9.59 Å². The van der Waals surface area contributed by atoms with E-state index in [1.807, 2.05) is 36.4 Å². The van der Waals surface area contributed by atoms with Gasteiger partial charge in [0.2, 0.25) is 0 Å². The number of benzene rings is 4. The molecule has 2 N–H and O–H groups in total. The molecular weight excluding hydrogens is 454 g/mol. The standard InChI is InChI=1S/C29H23N3O4/c1-35-27-5-3-2-4-26(27)32-29(34)23-10-14-24(15-11-23)31-28(33)19-36-25-16-12-22(13-17-25)21-8-6-20(18-30)7-9-21/h2-17H,19H2,1H3,(H,31,33)(H,32,34). The molecule has 2 amide bonds. The molecule has 0 unspecified atom stereocenters. The Balaban J connectivity index is 1.28. The number of carbonyl (C=O) groups is 2. The summed E-state index contributed by atoms with van der Waals surface area (Å²) < 4.78 is 10.8. The Bertz CT molecular complexity index is 1390. The molecule has 4 rings (SSSR count). The number of nitriles is 1. The molecule has 0 heterocycles. The summed E-state index contributed by atoms with van der Waals surface area (Å²) in [5, 5.41) is 14.5. The van der Waals surface area contributed by atoms with Gasteiger partial charge in [0.25, 0.3) is 11.8 Å². The van der Waals surface area contributed by atoms with Crippen molar-refractivity contribution in [1.29, 1.82) is 5.26 Å². The first kappa shape index (κ1) is 24.0. The molecule has 178 valence electrons. The highest BCUT2D eigenvalue weighted by Gasteiger charge is 2.10. The minimum Gasteiger partial charge on any atom is -0.495 e. The van der Waals surface area contributed by atoms with Gasteiger partial charge < -0.3 is 20.1 Å². The molecule has 0 aliphatic rings. The monoisotopic (exact) mass is 477 g/mol. The lowest BCUT2D eigenvalue weighted by Gasteiger charge is -2.11. The van der Waals surface area contributed by atoms with Gasteiger partial charge in [-0.3, -0.25) is 9.59 Å². The second kappa shape index (κ2) is 11.4. The van der Waals surface area contributed by atoms with Crippen molar-refractivity contribution in [2.24, 2.45) is 0 Å². The fourth-order valence-electron chi connectivity index (χ4n) is 3.47. The van der Waals surface area contributed by atoms with Crippen LogP contribution in [0, 0.1) is 11.3 Å². The molecule has 0 saturated carbocycles. The summed E-state index contributed by atoms with van der Waals surface area (Å²) in [5.41, 5.74) is 4.13. The Hall–Kier alpha value is -5.09. The zero-order chi connectivity index (χ0) is 25.3. The van der Waals surface area contributed by atoms with Gasteiger partial charge in [0.15, 0.2) is 6.61 Å². The van der Waals surface area contributed by atoms with Gasteiger partial charge in [-0.1, -0.05) is 36.4 Å². The van der Waals surface area contributed by atoms with E-state index >= 15 is 0 Å². The van der Waals surface area contributed by atoms with E-state index in [4.69, 9.17) is 14.7 Å². The number of nitrogens with zero attached hydrogens (tertiary/aromatic N) is 1. The van der Waals surface area contributed by atoms with Crippen LogP contribution in [0.25, 0.3) is 11.1 Å². The van der Waals surface area contributed by atoms with E-state index in [0.29, 0.717) is 34.0 Å². The molecule has 0 spiro atoms. The minimum atomic E-state index is -0.322. The third kappa shape index (κ3) is 6.07. The quantitative estimate of drug-likeness (QED) is 0.349. The summed E-state index contributed by atoms with van der Waals surface area (Å²) in [5.74, 6) is 0.520. The van der Waals surface area contributed by atoms with E-state index in [2.05, 4.69) is 16.7 Å². The molecule has 7 nitrogen and oxygen atoms in total. The first-order chi connectivity index (χ1) is 17.6. The molecule has 0 aliphatic heterocycles. The van der Waals surface area contributed by atoms with E-state index in [1.165, 1.54) is 0 Å². The number of anilines is 2. The third-order valence-corrected chi connectivity index (χ3v) is 5.36. The minimum absolute atomic E-state index is 0.160. The van der Waals surface area contributed by atoms with Gasteiger partial charge >= 0.3 is 0 Å². The van der Waals surface area contributed by atoms with Crippen LogP contribution in [0.4, 0.5) is 11.4 Å². The maximum atomic E-state index is 12.5. The summed E-state index contributed by atoms with van der Waals surface area (Å²) in [6.07, 6.45) is 0. The molecule has 36 heavy (non-hydrogen) atoms.